The summed E-state index contributed by atoms with van der Waals surface area (Å²) >= 11 is 0. The van der Waals surface area contributed by atoms with Gasteiger partial charge in [-0.2, -0.15) is 0 Å². The quantitative estimate of drug-likeness (QED) is 0.712. The lowest BCUT2D eigenvalue weighted by Crippen LogP contribution is -2.08. The second-order valence-corrected chi connectivity index (χ2v) is 3.98. The van der Waals surface area contributed by atoms with Crippen LogP contribution in [0.2, 0.25) is 0 Å². The van der Waals surface area contributed by atoms with Crippen LogP contribution < -0.4 is 0 Å². The fourth-order valence-electron chi connectivity index (χ4n) is 1.81. The van der Waals surface area contributed by atoms with E-state index in [1.165, 1.54) is 18.2 Å². The first-order valence-corrected chi connectivity index (χ1v) is 5.86. The molecule has 0 radical (unpaired) electrons. The molecule has 0 aliphatic carbocycles. The summed E-state index contributed by atoms with van der Waals surface area (Å²) in [6.45, 7) is 4.24. The molecule has 0 aliphatic rings. The lowest BCUT2D eigenvalue weighted by molar-refractivity contribution is -0.141. The number of hydrogen-bond acceptors (Lipinski definition) is 2. The molecular formula is C14H20O2. The van der Waals surface area contributed by atoms with Crippen molar-refractivity contribution in [2.45, 2.75) is 39.0 Å². The third kappa shape index (κ3) is 3.37. The fourth-order valence-corrected chi connectivity index (χ4v) is 1.81. The van der Waals surface area contributed by atoms with E-state index < -0.39 is 0 Å². The molecule has 0 amide bonds. The minimum atomic E-state index is -0.133. The number of carbonyl (C=O) groups excluding carboxylic acids is 1. The topological polar surface area (TPSA) is 26.3 Å². The summed E-state index contributed by atoms with van der Waals surface area (Å²) in [7, 11) is 1.44. The standard InChI is InChI=1S/C14H20O2/c1-4-11-6-8-13(9-7-11)12(5-2)10-14(15)16-3/h6-9,12H,4-5,10H2,1-3H3. The summed E-state index contributed by atoms with van der Waals surface area (Å²) in [5.74, 6) is 0.143. The van der Waals surface area contributed by atoms with E-state index in [4.69, 9.17) is 4.74 Å². The smallest absolute Gasteiger partial charge is 0.306 e. The van der Waals surface area contributed by atoms with Crippen LogP contribution in [0.15, 0.2) is 24.3 Å². The molecule has 2 heteroatoms. The monoisotopic (exact) mass is 220 g/mol. The highest BCUT2D eigenvalue weighted by molar-refractivity contribution is 5.70. The van der Waals surface area contributed by atoms with E-state index in [0.29, 0.717) is 6.42 Å². The molecule has 1 aromatic rings. The number of aryl methyl sites for hydroxylation is 1. The molecule has 16 heavy (non-hydrogen) atoms. The van der Waals surface area contributed by atoms with E-state index in [0.717, 1.165) is 12.8 Å². The summed E-state index contributed by atoms with van der Waals surface area (Å²) in [6.07, 6.45) is 2.48. The molecule has 0 saturated carbocycles. The zero-order chi connectivity index (χ0) is 12.0. The SMILES string of the molecule is CCc1ccc(C(CC)CC(=O)OC)cc1. The molecule has 0 fully saturated rings. The summed E-state index contributed by atoms with van der Waals surface area (Å²) < 4.78 is 4.71. The Bertz CT molecular complexity index is 327. The van der Waals surface area contributed by atoms with Crippen LogP contribution in [-0.4, -0.2) is 13.1 Å². The van der Waals surface area contributed by atoms with Crippen LogP contribution in [0.5, 0.6) is 0 Å². The van der Waals surface area contributed by atoms with Crippen molar-refractivity contribution in [2.75, 3.05) is 7.11 Å². The predicted octanol–water partition coefficient (Wildman–Crippen LogP) is 3.31. The predicted molar refractivity (Wildman–Crippen MR) is 65.5 cm³/mol. The average molecular weight is 220 g/mol. The van der Waals surface area contributed by atoms with Crippen LogP contribution >= 0.6 is 0 Å². The lowest BCUT2D eigenvalue weighted by atomic mass is 9.92. The van der Waals surface area contributed by atoms with Crippen molar-refractivity contribution in [3.8, 4) is 0 Å². The van der Waals surface area contributed by atoms with E-state index >= 15 is 0 Å². The maximum absolute atomic E-state index is 11.3. The second kappa shape index (κ2) is 6.31. The molecule has 1 unspecified atom stereocenters. The lowest BCUT2D eigenvalue weighted by Gasteiger charge is -2.14. The van der Waals surface area contributed by atoms with Crippen LogP contribution in [0.3, 0.4) is 0 Å². The molecular weight excluding hydrogens is 200 g/mol. The fraction of sp³-hybridized carbons (Fsp3) is 0.500. The van der Waals surface area contributed by atoms with Crippen LogP contribution in [0, 0.1) is 0 Å². The molecule has 0 spiro atoms. The normalized spacial score (nSPS) is 12.2. The third-order valence-corrected chi connectivity index (χ3v) is 2.99. The molecule has 0 N–H and O–H groups in total. The molecule has 0 saturated heterocycles. The van der Waals surface area contributed by atoms with Gasteiger partial charge < -0.3 is 4.74 Å². The first-order valence-electron chi connectivity index (χ1n) is 5.86. The van der Waals surface area contributed by atoms with Crippen molar-refractivity contribution in [1.82, 2.24) is 0 Å². The molecule has 0 heterocycles. The van der Waals surface area contributed by atoms with Gasteiger partial charge in [-0.1, -0.05) is 38.1 Å². The molecule has 2 nitrogen and oxygen atoms in total. The van der Waals surface area contributed by atoms with E-state index in [-0.39, 0.29) is 11.9 Å². The zero-order valence-electron chi connectivity index (χ0n) is 10.3. The second-order valence-electron chi connectivity index (χ2n) is 3.98. The number of carbonyl (C=O) groups is 1. The number of methoxy groups -OCH3 is 1. The Balaban J connectivity index is 2.74. The number of rotatable bonds is 5. The highest BCUT2D eigenvalue weighted by Crippen LogP contribution is 2.24. The average Bonchev–Trinajstić information content (AvgIpc) is 2.35. The van der Waals surface area contributed by atoms with Gasteiger partial charge in [0.05, 0.1) is 13.5 Å². The number of hydrogen-bond donors (Lipinski definition) is 0. The largest absolute Gasteiger partial charge is 0.469 e. The van der Waals surface area contributed by atoms with Gasteiger partial charge in [-0.3, -0.25) is 4.79 Å². The van der Waals surface area contributed by atoms with Crippen molar-refractivity contribution in [3.63, 3.8) is 0 Å². The summed E-state index contributed by atoms with van der Waals surface area (Å²) in [5.41, 5.74) is 2.56. The molecule has 0 aromatic heterocycles. The van der Waals surface area contributed by atoms with Gasteiger partial charge in [-0.15, -0.1) is 0 Å². The van der Waals surface area contributed by atoms with Gasteiger partial charge in [0.2, 0.25) is 0 Å². The Morgan fingerprint density at radius 3 is 2.31 bits per heavy atom. The number of ether oxygens (including phenoxy) is 1. The van der Waals surface area contributed by atoms with Gasteiger partial charge in [-0.05, 0) is 29.9 Å². The van der Waals surface area contributed by atoms with E-state index in [1.54, 1.807) is 0 Å². The van der Waals surface area contributed by atoms with E-state index in [2.05, 4.69) is 38.1 Å². The van der Waals surface area contributed by atoms with Gasteiger partial charge in [0.1, 0.15) is 0 Å². The van der Waals surface area contributed by atoms with Crippen molar-refractivity contribution in [1.29, 1.82) is 0 Å². The van der Waals surface area contributed by atoms with Crippen molar-refractivity contribution in [3.05, 3.63) is 35.4 Å². The summed E-state index contributed by atoms with van der Waals surface area (Å²) in [5, 5.41) is 0. The first-order chi connectivity index (χ1) is 7.71. The molecule has 88 valence electrons. The Morgan fingerprint density at radius 1 is 1.25 bits per heavy atom. The van der Waals surface area contributed by atoms with Crippen molar-refractivity contribution in [2.24, 2.45) is 0 Å². The Labute approximate surface area is 97.6 Å². The van der Waals surface area contributed by atoms with Gasteiger partial charge in [0.15, 0.2) is 0 Å². The first kappa shape index (κ1) is 12.8. The van der Waals surface area contributed by atoms with Gasteiger partial charge >= 0.3 is 5.97 Å². The number of benzene rings is 1. The Hall–Kier alpha value is -1.31. The highest BCUT2D eigenvalue weighted by Gasteiger charge is 2.14. The van der Waals surface area contributed by atoms with Crippen LogP contribution in [0.25, 0.3) is 0 Å². The van der Waals surface area contributed by atoms with Gasteiger partial charge in [0, 0.05) is 0 Å². The van der Waals surface area contributed by atoms with Crippen LogP contribution in [0.4, 0.5) is 0 Å². The zero-order valence-corrected chi connectivity index (χ0v) is 10.3. The van der Waals surface area contributed by atoms with E-state index in [1.807, 2.05) is 0 Å². The van der Waals surface area contributed by atoms with Gasteiger partial charge in [0.25, 0.3) is 0 Å². The maximum Gasteiger partial charge on any atom is 0.306 e. The summed E-state index contributed by atoms with van der Waals surface area (Å²) in [4.78, 5) is 11.3. The van der Waals surface area contributed by atoms with Crippen LogP contribution in [0.1, 0.15) is 43.7 Å². The molecule has 1 atom stereocenters. The van der Waals surface area contributed by atoms with E-state index in [9.17, 15) is 4.79 Å². The molecule has 1 rings (SSSR count). The Kier molecular flexibility index (Phi) is 5.03. The highest BCUT2D eigenvalue weighted by atomic mass is 16.5. The molecule has 0 aliphatic heterocycles. The molecule has 1 aromatic carbocycles. The van der Waals surface area contributed by atoms with Crippen LogP contribution in [-0.2, 0) is 16.0 Å². The Morgan fingerprint density at radius 2 is 1.88 bits per heavy atom. The minimum absolute atomic E-state index is 0.133. The van der Waals surface area contributed by atoms with Crippen molar-refractivity contribution < 1.29 is 9.53 Å². The third-order valence-electron chi connectivity index (χ3n) is 2.99. The summed E-state index contributed by atoms with van der Waals surface area (Å²) in [6, 6.07) is 8.51. The maximum atomic E-state index is 11.3. The number of esters is 1. The minimum Gasteiger partial charge on any atom is -0.469 e. The molecule has 0 bridgehead atoms. The van der Waals surface area contributed by atoms with Gasteiger partial charge in [-0.25, -0.2) is 0 Å². The van der Waals surface area contributed by atoms with Crippen molar-refractivity contribution >= 4 is 5.97 Å².